The van der Waals surface area contributed by atoms with Crippen LogP contribution in [0.5, 0.6) is 0 Å². The van der Waals surface area contributed by atoms with Crippen molar-refractivity contribution in [1.29, 1.82) is 0 Å². The molecule has 5 N–H and O–H groups in total. The number of nitrogens with one attached hydrogen (secondary N) is 1. The molecule has 0 bridgehead atoms. The van der Waals surface area contributed by atoms with Gasteiger partial charge in [-0.1, -0.05) is 20.8 Å². The summed E-state index contributed by atoms with van der Waals surface area (Å²) < 4.78 is 0. The third-order valence-electron chi connectivity index (χ3n) is 4.11. The number of hydrogen-bond acceptors (Lipinski definition) is 6. The highest BCUT2D eigenvalue weighted by Crippen LogP contribution is 2.45. The number of anilines is 3. The number of hydrogen-bond donors (Lipinski definition) is 3. The summed E-state index contributed by atoms with van der Waals surface area (Å²) in [6.45, 7) is 9.36. The Morgan fingerprint density at radius 1 is 1.30 bits per heavy atom. The Morgan fingerprint density at radius 2 is 1.95 bits per heavy atom. The molecule has 2 atom stereocenters. The molecule has 0 aromatic carbocycles. The minimum absolute atomic E-state index is 0.196. The molecule has 6 heteroatoms. The predicted octanol–water partition coefficient (Wildman–Crippen LogP) is 0.910. The third kappa shape index (κ3) is 2.65. The molecule has 2 fully saturated rings. The molecule has 2 unspecified atom stereocenters. The van der Waals surface area contributed by atoms with Gasteiger partial charge < -0.3 is 21.7 Å². The van der Waals surface area contributed by atoms with E-state index in [1.165, 1.54) is 0 Å². The average molecular weight is 276 g/mol. The summed E-state index contributed by atoms with van der Waals surface area (Å²) in [5.41, 5.74) is 12.0. The van der Waals surface area contributed by atoms with Crippen LogP contribution in [0.25, 0.3) is 0 Å². The van der Waals surface area contributed by atoms with Crippen molar-refractivity contribution in [1.82, 2.24) is 9.97 Å². The second kappa shape index (κ2) is 4.48. The van der Waals surface area contributed by atoms with E-state index in [0.717, 1.165) is 31.3 Å². The van der Waals surface area contributed by atoms with Crippen LogP contribution in [-0.2, 0) is 0 Å². The summed E-state index contributed by atoms with van der Waals surface area (Å²) in [6, 6.07) is 2.38. The van der Waals surface area contributed by atoms with Crippen LogP contribution in [0, 0.1) is 17.3 Å². The van der Waals surface area contributed by atoms with Gasteiger partial charge in [0, 0.05) is 31.7 Å². The molecular formula is C14H24N6. The van der Waals surface area contributed by atoms with Crippen molar-refractivity contribution in [3.05, 3.63) is 6.07 Å². The monoisotopic (exact) mass is 276 g/mol. The van der Waals surface area contributed by atoms with Crippen LogP contribution in [-0.4, -0.2) is 35.6 Å². The van der Waals surface area contributed by atoms with Gasteiger partial charge in [0.25, 0.3) is 0 Å². The summed E-state index contributed by atoms with van der Waals surface area (Å²) in [5, 5.41) is 3.34. The molecule has 1 aliphatic heterocycles. The van der Waals surface area contributed by atoms with E-state index in [1.54, 1.807) is 0 Å². The topological polar surface area (TPSA) is 93.1 Å². The van der Waals surface area contributed by atoms with Crippen LogP contribution < -0.4 is 21.7 Å². The van der Waals surface area contributed by atoms with E-state index in [1.807, 2.05) is 6.07 Å². The van der Waals surface area contributed by atoms with Gasteiger partial charge in [0.2, 0.25) is 5.95 Å². The predicted molar refractivity (Wildman–Crippen MR) is 81.6 cm³/mol. The summed E-state index contributed by atoms with van der Waals surface area (Å²) >= 11 is 0. The maximum absolute atomic E-state index is 5.97. The molecule has 1 aromatic rings. The van der Waals surface area contributed by atoms with Crippen LogP contribution in [0.3, 0.4) is 0 Å². The van der Waals surface area contributed by atoms with Crippen molar-refractivity contribution in [3.8, 4) is 0 Å². The van der Waals surface area contributed by atoms with E-state index < -0.39 is 0 Å². The Kier molecular flexibility index (Phi) is 3.01. The molecular weight excluding hydrogens is 252 g/mol. The molecule has 2 aliphatic rings. The minimum Gasteiger partial charge on any atom is -0.369 e. The van der Waals surface area contributed by atoms with Gasteiger partial charge in [-0.25, -0.2) is 0 Å². The highest BCUT2D eigenvalue weighted by Gasteiger charge is 2.53. The Balaban J connectivity index is 1.71. The highest BCUT2D eigenvalue weighted by atomic mass is 15.3. The van der Waals surface area contributed by atoms with Gasteiger partial charge >= 0.3 is 0 Å². The van der Waals surface area contributed by atoms with Gasteiger partial charge in [-0.05, 0) is 17.3 Å². The van der Waals surface area contributed by atoms with Gasteiger partial charge in [0.1, 0.15) is 11.6 Å². The fourth-order valence-corrected chi connectivity index (χ4v) is 2.82. The molecule has 0 radical (unpaired) electrons. The lowest BCUT2D eigenvalue weighted by molar-refractivity contribution is 0.442. The number of rotatable bonds is 3. The van der Waals surface area contributed by atoms with E-state index >= 15 is 0 Å². The molecule has 3 rings (SSSR count). The first kappa shape index (κ1) is 13.4. The van der Waals surface area contributed by atoms with E-state index in [4.69, 9.17) is 11.5 Å². The second-order valence-corrected chi connectivity index (χ2v) is 7.19. The number of fused-ring (bicyclic) bond motifs is 1. The zero-order valence-electron chi connectivity index (χ0n) is 12.4. The van der Waals surface area contributed by atoms with Gasteiger partial charge in [0.05, 0.1) is 0 Å². The molecule has 1 aromatic heterocycles. The van der Waals surface area contributed by atoms with Crippen molar-refractivity contribution in [2.45, 2.75) is 26.8 Å². The van der Waals surface area contributed by atoms with Gasteiger partial charge in [-0.15, -0.1) is 0 Å². The van der Waals surface area contributed by atoms with E-state index in [-0.39, 0.29) is 5.41 Å². The van der Waals surface area contributed by atoms with Crippen molar-refractivity contribution in [2.24, 2.45) is 23.0 Å². The quantitative estimate of drug-likeness (QED) is 0.760. The highest BCUT2D eigenvalue weighted by molar-refractivity contribution is 5.54. The molecule has 1 saturated heterocycles. The zero-order valence-corrected chi connectivity index (χ0v) is 12.4. The Bertz CT molecular complexity index is 497. The lowest BCUT2D eigenvalue weighted by atomic mass is 9.97. The summed E-state index contributed by atoms with van der Waals surface area (Å²) in [5.74, 6) is 3.30. The van der Waals surface area contributed by atoms with E-state index in [9.17, 15) is 0 Å². The third-order valence-corrected chi connectivity index (χ3v) is 4.11. The maximum atomic E-state index is 5.97. The first-order valence-corrected chi connectivity index (χ1v) is 7.22. The van der Waals surface area contributed by atoms with E-state index in [2.05, 4.69) is 41.0 Å². The second-order valence-electron chi connectivity index (χ2n) is 7.19. The first-order valence-electron chi connectivity index (χ1n) is 7.22. The molecule has 6 nitrogen and oxygen atoms in total. The van der Waals surface area contributed by atoms with Crippen LogP contribution in [0.15, 0.2) is 6.07 Å². The molecule has 1 saturated carbocycles. The largest absolute Gasteiger partial charge is 0.369 e. The Hall–Kier alpha value is -1.56. The van der Waals surface area contributed by atoms with Crippen LogP contribution >= 0.6 is 0 Å². The van der Waals surface area contributed by atoms with E-state index in [0.29, 0.717) is 23.8 Å². The fourth-order valence-electron chi connectivity index (χ4n) is 2.82. The number of nitrogen functional groups attached to an aromatic ring is 1. The average Bonchev–Trinajstić information content (AvgIpc) is 2.78. The van der Waals surface area contributed by atoms with Crippen molar-refractivity contribution in [2.75, 3.05) is 35.6 Å². The smallest absolute Gasteiger partial charge is 0.223 e. The van der Waals surface area contributed by atoms with Crippen molar-refractivity contribution < 1.29 is 0 Å². The standard InChI is InChI=1S/C14H24N6/c1-14(2,3)7-17-10-4-11(19-13(16)18-10)20-5-8-9(6-20)12(8)15/h4,8-9,12H,5-7,15H2,1-3H3,(H3,16,17,18,19). The Labute approximate surface area is 119 Å². The van der Waals surface area contributed by atoms with Gasteiger partial charge in [0.15, 0.2) is 0 Å². The molecule has 2 heterocycles. The van der Waals surface area contributed by atoms with Crippen molar-refractivity contribution in [3.63, 3.8) is 0 Å². The zero-order chi connectivity index (χ0) is 14.5. The fraction of sp³-hybridized carbons (Fsp3) is 0.714. The SMILES string of the molecule is CC(C)(C)CNc1cc(N2CC3C(N)C3C2)nc(N)n1. The van der Waals surface area contributed by atoms with Crippen molar-refractivity contribution >= 4 is 17.6 Å². The summed E-state index contributed by atoms with van der Waals surface area (Å²) in [7, 11) is 0. The van der Waals surface area contributed by atoms with Crippen LogP contribution in [0.2, 0.25) is 0 Å². The lowest BCUT2D eigenvalue weighted by Crippen LogP contribution is -2.29. The van der Waals surface area contributed by atoms with Gasteiger partial charge in [-0.3, -0.25) is 0 Å². The number of nitrogens with zero attached hydrogens (tertiary/aromatic N) is 3. The van der Waals surface area contributed by atoms with Crippen LogP contribution in [0.4, 0.5) is 17.6 Å². The minimum atomic E-state index is 0.196. The normalized spacial score (nSPS) is 28.4. The first-order chi connectivity index (χ1) is 9.33. The summed E-state index contributed by atoms with van der Waals surface area (Å²) in [6.07, 6.45) is 0. The molecule has 20 heavy (non-hydrogen) atoms. The maximum Gasteiger partial charge on any atom is 0.223 e. The van der Waals surface area contributed by atoms with Crippen LogP contribution in [0.1, 0.15) is 20.8 Å². The molecule has 0 spiro atoms. The van der Waals surface area contributed by atoms with Gasteiger partial charge in [-0.2, -0.15) is 9.97 Å². The lowest BCUT2D eigenvalue weighted by Gasteiger charge is -2.22. The number of piperidine rings is 1. The Morgan fingerprint density at radius 3 is 2.55 bits per heavy atom. The number of nitrogens with two attached hydrogens (primary N) is 2. The molecule has 0 amide bonds. The molecule has 110 valence electrons. The number of aromatic nitrogens is 2. The summed E-state index contributed by atoms with van der Waals surface area (Å²) in [4.78, 5) is 10.9. The molecule has 1 aliphatic carbocycles.